The Kier molecular flexibility index (Phi) is 4.49. The first kappa shape index (κ1) is 10.2. The molecule has 0 unspecified atom stereocenters. The van der Waals surface area contributed by atoms with Crippen molar-refractivity contribution < 1.29 is 9.84 Å². The van der Waals surface area contributed by atoms with Gasteiger partial charge in [-0.3, -0.25) is 0 Å². The molecule has 1 aromatic rings. The summed E-state index contributed by atoms with van der Waals surface area (Å²) >= 11 is 0. The highest BCUT2D eigenvalue weighted by Gasteiger charge is 1.98. The third-order valence-corrected chi connectivity index (χ3v) is 1.85. The minimum atomic E-state index is 0.0502. The van der Waals surface area contributed by atoms with Crippen LogP contribution in [-0.4, -0.2) is 27.9 Å². The van der Waals surface area contributed by atoms with Crippen LogP contribution in [0.15, 0.2) is 12.5 Å². The molecule has 74 valence electrons. The van der Waals surface area contributed by atoms with E-state index in [9.17, 15) is 0 Å². The topological polar surface area (TPSA) is 47.3 Å². The fraction of sp³-hybridized carbons (Fsp3) is 0.667. The van der Waals surface area contributed by atoms with Crippen LogP contribution in [0.2, 0.25) is 0 Å². The van der Waals surface area contributed by atoms with Crippen molar-refractivity contribution in [1.29, 1.82) is 0 Å². The van der Waals surface area contributed by atoms with Crippen LogP contribution in [-0.2, 0) is 17.9 Å². The molecule has 0 amide bonds. The summed E-state index contributed by atoms with van der Waals surface area (Å²) in [4.78, 5) is 3.95. The number of aromatic nitrogens is 2. The van der Waals surface area contributed by atoms with E-state index in [1.807, 2.05) is 11.5 Å². The van der Waals surface area contributed by atoms with E-state index in [2.05, 4.69) is 4.98 Å². The van der Waals surface area contributed by atoms with E-state index < -0.39 is 0 Å². The second kappa shape index (κ2) is 5.72. The van der Waals surface area contributed by atoms with Gasteiger partial charge in [-0.25, -0.2) is 4.98 Å². The third kappa shape index (κ3) is 3.16. The van der Waals surface area contributed by atoms with E-state index in [-0.39, 0.29) is 6.61 Å². The molecular weight excluding hydrogens is 168 g/mol. The lowest BCUT2D eigenvalue weighted by Crippen LogP contribution is -2.04. The zero-order valence-corrected chi connectivity index (χ0v) is 7.94. The van der Waals surface area contributed by atoms with Gasteiger partial charge in [-0.05, 0) is 13.3 Å². The number of hydrogen-bond acceptors (Lipinski definition) is 3. The Morgan fingerprint density at radius 3 is 3.15 bits per heavy atom. The SMILES string of the molecule is CCOCCCn1cncc1CO. The molecule has 1 N–H and O–H groups in total. The molecule has 0 aliphatic heterocycles. The first-order chi connectivity index (χ1) is 6.38. The van der Waals surface area contributed by atoms with Gasteiger partial charge in [0, 0.05) is 19.8 Å². The van der Waals surface area contributed by atoms with Crippen LogP contribution < -0.4 is 0 Å². The van der Waals surface area contributed by atoms with Gasteiger partial charge in [0.2, 0.25) is 0 Å². The summed E-state index contributed by atoms with van der Waals surface area (Å²) in [5.74, 6) is 0. The molecule has 0 aliphatic rings. The molecule has 1 aromatic heterocycles. The minimum absolute atomic E-state index is 0.0502. The second-order valence-corrected chi connectivity index (χ2v) is 2.79. The molecule has 4 nitrogen and oxygen atoms in total. The summed E-state index contributed by atoms with van der Waals surface area (Å²) in [7, 11) is 0. The maximum Gasteiger partial charge on any atom is 0.0948 e. The first-order valence-electron chi connectivity index (χ1n) is 4.56. The molecule has 0 aromatic carbocycles. The van der Waals surface area contributed by atoms with Gasteiger partial charge in [-0.2, -0.15) is 0 Å². The Labute approximate surface area is 78.2 Å². The lowest BCUT2D eigenvalue weighted by molar-refractivity contribution is 0.141. The van der Waals surface area contributed by atoms with Crippen molar-refractivity contribution in [3.05, 3.63) is 18.2 Å². The van der Waals surface area contributed by atoms with Crippen LogP contribution in [0.1, 0.15) is 19.0 Å². The average Bonchev–Trinajstić information content (AvgIpc) is 2.60. The molecule has 0 fully saturated rings. The van der Waals surface area contributed by atoms with Gasteiger partial charge in [-0.15, -0.1) is 0 Å². The second-order valence-electron chi connectivity index (χ2n) is 2.79. The number of aliphatic hydroxyl groups excluding tert-OH is 1. The maximum absolute atomic E-state index is 8.92. The summed E-state index contributed by atoms with van der Waals surface area (Å²) in [5.41, 5.74) is 0.858. The highest BCUT2D eigenvalue weighted by atomic mass is 16.5. The van der Waals surface area contributed by atoms with E-state index in [1.54, 1.807) is 12.5 Å². The molecule has 0 bridgehead atoms. The first-order valence-corrected chi connectivity index (χ1v) is 4.56. The van der Waals surface area contributed by atoms with Gasteiger partial charge < -0.3 is 14.4 Å². The Balaban J connectivity index is 2.27. The highest BCUT2D eigenvalue weighted by Crippen LogP contribution is 2.00. The lowest BCUT2D eigenvalue weighted by atomic mass is 10.4. The van der Waals surface area contributed by atoms with Crippen molar-refractivity contribution in [3.8, 4) is 0 Å². The van der Waals surface area contributed by atoms with Crippen LogP contribution in [0.3, 0.4) is 0 Å². The van der Waals surface area contributed by atoms with Crippen molar-refractivity contribution in [2.24, 2.45) is 0 Å². The number of aliphatic hydroxyl groups is 1. The van der Waals surface area contributed by atoms with Crippen LogP contribution in [0.25, 0.3) is 0 Å². The molecule has 0 atom stereocenters. The molecule has 4 heteroatoms. The summed E-state index contributed by atoms with van der Waals surface area (Å²) < 4.78 is 7.15. The fourth-order valence-corrected chi connectivity index (χ4v) is 1.16. The summed E-state index contributed by atoms with van der Waals surface area (Å²) in [5, 5.41) is 8.92. The summed E-state index contributed by atoms with van der Waals surface area (Å²) in [6.07, 6.45) is 4.37. The van der Waals surface area contributed by atoms with Gasteiger partial charge in [-0.1, -0.05) is 0 Å². The molecule has 0 saturated heterocycles. The van der Waals surface area contributed by atoms with E-state index in [4.69, 9.17) is 9.84 Å². The average molecular weight is 184 g/mol. The summed E-state index contributed by atoms with van der Waals surface area (Å²) in [6, 6.07) is 0. The largest absolute Gasteiger partial charge is 0.390 e. The maximum atomic E-state index is 8.92. The minimum Gasteiger partial charge on any atom is -0.390 e. The predicted octanol–water partition coefficient (Wildman–Crippen LogP) is 0.802. The Morgan fingerprint density at radius 2 is 2.46 bits per heavy atom. The summed E-state index contributed by atoms with van der Waals surface area (Å²) in [6.45, 7) is 4.41. The molecular formula is C9H16N2O2. The van der Waals surface area contributed by atoms with Gasteiger partial charge in [0.05, 0.1) is 24.8 Å². The standard InChI is InChI=1S/C9H16N2O2/c1-2-13-5-3-4-11-8-10-6-9(11)7-12/h6,8,12H,2-5,7H2,1H3. The number of aryl methyl sites for hydroxylation is 1. The normalized spacial score (nSPS) is 10.6. The highest BCUT2D eigenvalue weighted by molar-refractivity contribution is 4.95. The van der Waals surface area contributed by atoms with E-state index in [0.29, 0.717) is 0 Å². The van der Waals surface area contributed by atoms with Gasteiger partial charge in [0.25, 0.3) is 0 Å². The van der Waals surface area contributed by atoms with Crippen LogP contribution >= 0.6 is 0 Å². The van der Waals surface area contributed by atoms with E-state index >= 15 is 0 Å². The molecule has 1 rings (SSSR count). The molecule has 1 heterocycles. The van der Waals surface area contributed by atoms with Crippen LogP contribution in [0.4, 0.5) is 0 Å². The van der Waals surface area contributed by atoms with Crippen molar-refractivity contribution in [2.75, 3.05) is 13.2 Å². The zero-order valence-electron chi connectivity index (χ0n) is 7.94. The van der Waals surface area contributed by atoms with Crippen molar-refractivity contribution >= 4 is 0 Å². The smallest absolute Gasteiger partial charge is 0.0948 e. The number of imidazole rings is 1. The van der Waals surface area contributed by atoms with Gasteiger partial charge in [0.1, 0.15) is 0 Å². The predicted molar refractivity (Wildman–Crippen MR) is 49.3 cm³/mol. The monoisotopic (exact) mass is 184 g/mol. The molecule has 0 saturated carbocycles. The van der Waals surface area contributed by atoms with Crippen molar-refractivity contribution in [2.45, 2.75) is 26.5 Å². The third-order valence-electron chi connectivity index (χ3n) is 1.85. The van der Waals surface area contributed by atoms with Gasteiger partial charge >= 0.3 is 0 Å². The Bertz CT molecular complexity index is 235. The number of hydrogen-bond donors (Lipinski definition) is 1. The fourth-order valence-electron chi connectivity index (χ4n) is 1.16. The molecule has 13 heavy (non-hydrogen) atoms. The lowest BCUT2D eigenvalue weighted by Gasteiger charge is -2.05. The van der Waals surface area contributed by atoms with Crippen LogP contribution in [0.5, 0.6) is 0 Å². The molecule has 0 spiro atoms. The van der Waals surface area contributed by atoms with E-state index in [1.165, 1.54) is 0 Å². The van der Waals surface area contributed by atoms with Gasteiger partial charge in [0.15, 0.2) is 0 Å². The quantitative estimate of drug-likeness (QED) is 0.665. The van der Waals surface area contributed by atoms with E-state index in [0.717, 1.165) is 31.9 Å². The number of ether oxygens (including phenoxy) is 1. The molecule has 0 radical (unpaired) electrons. The number of nitrogens with zero attached hydrogens (tertiary/aromatic N) is 2. The zero-order chi connectivity index (χ0) is 9.52. The van der Waals surface area contributed by atoms with Crippen molar-refractivity contribution in [3.63, 3.8) is 0 Å². The Hall–Kier alpha value is -0.870. The van der Waals surface area contributed by atoms with Crippen molar-refractivity contribution in [1.82, 2.24) is 9.55 Å². The number of rotatable bonds is 6. The Morgan fingerprint density at radius 1 is 1.62 bits per heavy atom. The molecule has 0 aliphatic carbocycles. The van der Waals surface area contributed by atoms with Crippen LogP contribution in [0, 0.1) is 0 Å².